The molecule has 2 N–H and O–H groups in total. The van der Waals surface area contributed by atoms with E-state index in [9.17, 15) is 4.79 Å². The van der Waals surface area contributed by atoms with Gasteiger partial charge in [0.1, 0.15) is 0 Å². The smallest absolute Gasteiger partial charge is 0.220 e. The van der Waals surface area contributed by atoms with Crippen LogP contribution in [0.4, 0.5) is 0 Å². The third kappa shape index (κ3) is 4.64. The number of carbonyl (C=O) groups is 1. The number of nitrogens with one attached hydrogen (secondary N) is 2. The summed E-state index contributed by atoms with van der Waals surface area (Å²) in [4.78, 5) is 11.6. The zero-order valence-corrected chi connectivity index (χ0v) is 10.5. The fourth-order valence-electron chi connectivity index (χ4n) is 2.60. The van der Waals surface area contributed by atoms with Gasteiger partial charge in [-0.05, 0) is 38.6 Å². The summed E-state index contributed by atoms with van der Waals surface area (Å²) in [6.45, 7) is 2.66. The number of hydrogen-bond donors (Lipinski definition) is 2. The van der Waals surface area contributed by atoms with Crippen molar-refractivity contribution in [2.24, 2.45) is 0 Å². The summed E-state index contributed by atoms with van der Waals surface area (Å²) < 4.78 is 5.47. The molecule has 17 heavy (non-hydrogen) atoms. The fourth-order valence-corrected chi connectivity index (χ4v) is 2.60. The zero-order valence-electron chi connectivity index (χ0n) is 10.5. The molecular weight excluding hydrogens is 216 g/mol. The minimum atomic E-state index is 0.174. The molecule has 0 spiro atoms. The molecule has 0 aromatic carbocycles. The Morgan fingerprint density at radius 2 is 2.24 bits per heavy atom. The molecule has 2 saturated heterocycles. The Kier molecular flexibility index (Phi) is 5.26. The normalized spacial score (nSPS) is 29.2. The topological polar surface area (TPSA) is 50.4 Å². The van der Waals surface area contributed by atoms with Gasteiger partial charge in [0.15, 0.2) is 0 Å². The second-order valence-electron chi connectivity index (χ2n) is 5.12. The summed E-state index contributed by atoms with van der Waals surface area (Å²) in [6.07, 6.45) is 7.89. The molecule has 2 fully saturated rings. The lowest BCUT2D eigenvalue weighted by Gasteiger charge is -2.23. The van der Waals surface area contributed by atoms with E-state index in [4.69, 9.17) is 4.74 Å². The summed E-state index contributed by atoms with van der Waals surface area (Å²) in [6, 6.07) is 0.553. The van der Waals surface area contributed by atoms with Gasteiger partial charge >= 0.3 is 0 Å². The zero-order chi connectivity index (χ0) is 11.9. The molecule has 0 radical (unpaired) electrons. The molecule has 0 bridgehead atoms. The van der Waals surface area contributed by atoms with Crippen LogP contribution in [-0.4, -0.2) is 37.7 Å². The van der Waals surface area contributed by atoms with Crippen molar-refractivity contribution < 1.29 is 9.53 Å². The standard InChI is InChI=1S/C13H24N2O2/c16-13(15-10-12-5-3-9-17-12)7-6-11-4-1-2-8-14-11/h11-12,14H,1-10H2,(H,15,16). The lowest BCUT2D eigenvalue weighted by molar-refractivity contribution is -0.121. The van der Waals surface area contributed by atoms with Gasteiger partial charge in [0.05, 0.1) is 6.10 Å². The highest BCUT2D eigenvalue weighted by molar-refractivity contribution is 5.75. The lowest BCUT2D eigenvalue weighted by atomic mass is 10.0. The Bertz CT molecular complexity index is 234. The number of rotatable bonds is 5. The summed E-state index contributed by atoms with van der Waals surface area (Å²) in [7, 11) is 0. The predicted octanol–water partition coefficient (Wildman–Crippen LogP) is 1.20. The van der Waals surface area contributed by atoms with Crippen LogP contribution in [0.25, 0.3) is 0 Å². The third-order valence-corrected chi connectivity index (χ3v) is 3.68. The molecule has 2 aliphatic rings. The molecule has 2 aliphatic heterocycles. The van der Waals surface area contributed by atoms with Gasteiger partial charge in [-0.3, -0.25) is 4.79 Å². The molecule has 1 amide bonds. The Balaban J connectivity index is 1.53. The van der Waals surface area contributed by atoms with E-state index in [1.165, 1.54) is 19.3 Å². The Labute approximate surface area is 103 Å². The van der Waals surface area contributed by atoms with E-state index in [0.29, 0.717) is 19.0 Å². The van der Waals surface area contributed by atoms with Crippen LogP contribution in [0.1, 0.15) is 44.9 Å². The van der Waals surface area contributed by atoms with E-state index >= 15 is 0 Å². The van der Waals surface area contributed by atoms with Crippen molar-refractivity contribution in [2.75, 3.05) is 19.7 Å². The summed E-state index contributed by atoms with van der Waals surface area (Å²) in [5.41, 5.74) is 0. The summed E-state index contributed by atoms with van der Waals surface area (Å²) >= 11 is 0. The monoisotopic (exact) mass is 240 g/mol. The molecule has 98 valence electrons. The molecule has 2 unspecified atom stereocenters. The van der Waals surface area contributed by atoms with Crippen LogP contribution < -0.4 is 10.6 Å². The van der Waals surface area contributed by atoms with Gasteiger partial charge in [0.25, 0.3) is 0 Å². The van der Waals surface area contributed by atoms with Gasteiger partial charge in [-0.15, -0.1) is 0 Å². The molecule has 4 nitrogen and oxygen atoms in total. The molecule has 2 heterocycles. The SMILES string of the molecule is O=C(CCC1CCCCN1)NCC1CCCO1. The maximum atomic E-state index is 11.6. The van der Waals surface area contributed by atoms with E-state index in [-0.39, 0.29) is 12.0 Å². The number of ether oxygens (including phenoxy) is 1. The fraction of sp³-hybridized carbons (Fsp3) is 0.923. The molecule has 0 aromatic rings. The van der Waals surface area contributed by atoms with E-state index in [1.807, 2.05) is 0 Å². The molecule has 0 aromatic heterocycles. The first kappa shape index (κ1) is 12.8. The highest BCUT2D eigenvalue weighted by atomic mass is 16.5. The van der Waals surface area contributed by atoms with Crippen LogP contribution in [0.2, 0.25) is 0 Å². The van der Waals surface area contributed by atoms with Crippen LogP contribution in [0, 0.1) is 0 Å². The summed E-state index contributed by atoms with van der Waals surface area (Å²) in [5, 5.41) is 6.44. The first-order chi connectivity index (χ1) is 8.34. The highest BCUT2D eigenvalue weighted by Gasteiger charge is 2.17. The molecule has 0 aliphatic carbocycles. The van der Waals surface area contributed by atoms with E-state index < -0.39 is 0 Å². The minimum Gasteiger partial charge on any atom is -0.376 e. The number of piperidine rings is 1. The van der Waals surface area contributed by atoms with E-state index in [1.54, 1.807) is 0 Å². The number of hydrogen-bond acceptors (Lipinski definition) is 3. The van der Waals surface area contributed by atoms with Crippen molar-refractivity contribution in [2.45, 2.75) is 57.1 Å². The maximum Gasteiger partial charge on any atom is 0.220 e. The van der Waals surface area contributed by atoms with Gasteiger partial charge in [0.2, 0.25) is 5.91 Å². The Hall–Kier alpha value is -0.610. The van der Waals surface area contributed by atoms with Gasteiger partial charge < -0.3 is 15.4 Å². The Morgan fingerprint density at radius 3 is 2.94 bits per heavy atom. The highest BCUT2D eigenvalue weighted by Crippen LogP contribution is 2.12. The van der Waals surface area contributed by atoms with Crippen molar-refractivity contribution in [1.82, 2.24) is 10.6 Å². The van der Waals surface area contributed by atoms with E-state index in [0.717, 1.165) is 32.4 Å². The van der Waals surface area contributed by atoms with Gasteiger partial charge in [-0.1, -0.05) is 6.42 Å². The van der Waals surface area contributed by atoms with Crippen LogP contribution in [0.5, 0.6) is 0 Å². The number of amides is 1. The Morgan fingerprint density at radius 1 is 1.29 bits per heavy atom. The van der Waals surface area contributed by atoms with Crippen molar-refractivity contribution in [3.8, 4) is 0 Å². The first-order valence-electron chi connectivity index (χ1n) is 6.96. The summed E-state index contributed by atoms with van der Waals surface area (Å²) in [5.74, 6) is 0.174. The molecule has 2 atom stereocenters. The maximum absolute atomic E-state index is 11.6. The molecule has 2 rings (SSSR count). The van der Waals surface area contributed by atoms with Gasteiger partial charge in [0, 0.05) is 25.6 Å². The van der Waals surface area contributed by atoms with Crippen LogP contribution >= 0.6 is 0 Å². The van der Waals surface area contributed by atoms with Crippen LogP contribution in [-0.2, 0) is 9.53 Å². The molecular formula is C13H24N2O2. The van der Waals surface area contributed by atoms with Crippen molar-refractivity contribution in [3.05, 3.63) is 0 Å². The van der Waals surface area contributed by atoms with Gasteiger partial charge in [-0.2, -0.15) is 0 Å². The van der Waals surface area contributed by atoms with Crippen molar-refractivity contribution >= 4 is 5.91 Å². The lowest BCUT2D eigenvalue weighted by Crippen LogP contribution is -2.36. The second kappa shape index (κ2) is 6.97. The van der Waals surface area contributed by atoms with Crippen molar-refractivity contribution in [3.63, 3.8) is 0 Å². The largest absolute Gasteiger partial charge is 0.376 e. The van der Waals surface area contributed by atoms with Crippen LogP contribution in [0.3, 0.4) is 0 Å². The first-order valence-corrected chi connectivity index (χ1v) is 6.96. The van der Waals surface area contributed by atoms with E-state index in [2.05, 4.69) is 10.6 Å². The third-order valence-electron chi connectivity index (χ3n) is 3.68. The van der Waals surface area contributed by atoms with Gasteiger partial charge in [-0.25, -0.2) is 0 Å². The molecule has 4 heteroatoms. The van der Waals surface area contributed by atoms with Crippen LogP contribution in [0.15, 0.2) is 0 Å². The second-order valence-corrected chi connectivity index (χ2v) is 5.12. The average Bonchev–Trinajstić information content (AvgIpc) is 2.88. The minimum absolute atomic E-state index is 0.174. The van der Waals surface area contributed by atoms with Crippen molar-refractivity contribution in [1.29, 1.82) is 0 Å². The number of carbonyl (C=O) groups excluding carboxylic acids is 1. The average molecular weight is 240 g/mol. The molecule has 0 saturated carbocycles. The quantitative estimate of drug-likeness (QED) is 0.759. The predicted molar refractivity (Wildman–Crippen MR) is 66.9 cm³/mol.